The number of halogens is 4. The normalized spacial score (nSPS) is 16.8. The Balaban J connectivity index is 0.00000420. The first-order valence-electron chi connectivity index (χ1n) is 8.91. The maximum absolute atomic E-state index is 12.7. The number of aliphatic imine (C=N–C) groups is 1. The molecule has 2 N–H and O–H groups in total. The summed E-state index contributed by atoms with van der Waals surface area (Å²) in [6.07, 6.45) is 0.526. The van der Waals surface area contributed by atoms with E-state index in [9.17, 15) is 21.6 Å². The first-order valence-corrected chi connectivity index (χ1v) is 10.4. The zero-order valence-electron chi connectivity index (χ0n) is 16.2. The molecule has 2 rings (SSSR count). The monoisotopic (exact) mass is 550 g/mol. The van der Waals surface area contributed by atoms with Gasteiger partial charge in [0.25, 0.3) is 0 Å². The highest BCUT2D eigenvalue weighted by Crippen LogP contribution is 2.28. The Hall–Kier alpha value is -1.28. The molecule has 0 aromatic heterocycles. The maximum Gasteiger partial charge on any atom is 0.511 e. The van der Waals surface area contributed by atoms with E-state index < -0.39 is 15.5 Å². The molecular formula is C17H26F3IN4O3S. The second kappa shape index (κ2) is 11.2. The lowest BCUT2D eigenvalue weighted by Gasteiger charge is -2.32. The second-order valence-electron chi connectivity index (χ2n) is 6.32. The molecule has 0 bridgehead atoms. The number of ether oxygens (including phenoxy) is 1. The van der Waals surface area contributed by atoms with Crippen LogP contribution in [-0.2, 0) is 16.6 Å². The summed E-state index contributed by atoms with van der Waals surface area (Å²) in [5.74, 6) is 1.26. The van der Waals surface area contributed by atoms with Crippen LogP contribution >= 0.6 is 24.0 Å². The molecule has 1 aromatic carbocycles. The van der Waals surface area contributed by atoms with E-state index >= 15 is 0 Å². The van der Waals surface area contributed by atoms with Gasteiger partial charge >= 0.3 is 15.5 Å². The zero-order valence-corrected chi connectivity index (χ0v) is 19.3. The molecule has 1 fully saturated rings. The molecule has 0 saturated carbocycles. The van der Waals surface area contributed by atoms with Gasteiger partial charge in [0, 0.05) is 25.7 Å². The van der Waals surface area contributed by atoms with Crippen molar-refractivity contribution < 1.29 is 26.3 Å². The average Bonchev–Trinajstić information content (AvgIpc) is 2.66. The minimum absolute atomic E-state index is 0. The van der Waals surface area contributed by atoms with Gasteiger partial charge in [-0.3, -0.25) is 0 Å². The highest BCUT2D eigenvalue weighted by Gasteiger charge is 2.50. The molecule has 29 heavy (non-hydrogen) atoms. The van der Waals surface area contributed by atoms with Crippen molar-refractivity contribution in [3.63, 3.8) is 0 Å². The number of hydrogen-bond donors (Lipinski definition) is 2. The first-order chi connectivity index (χ1) is 13.2. The topological polar surface area (TPSA) is 83.0 Å². The van der Waals surface area contributed by atoms with Crippen LogP contribution in [0.5, 0.6) is 5.75 Å². The molecule has 0 spiro atoms. The Labute approximate surface area is 186 Å². The van der Waals surface area contributed by atoms with Gasteiger partial charge in [-0.25, -0.2) is 13.4 Å². The Morgan fingerprint density at radius 3 is 2.52 bits per heavy atom. The molecular weight excluding hydrogens is 524 g/mol. The van der Waals surface area contributed by atoms with Gasteiger partial charge in [-0.2, -0.15) is 17.5 Å². The molecule has 1 heterocycles. The van der Waals surface area contributed by atoms with Crippen molar-refractivity contribution in [1.82, 2.24) is 14.9 Å². The quantitative estimate of drug-likeness (QED) is 0.324. The molecule has 7 nitrogen and oxygen atoms in total. The van der Waals surface area contributed by atoms with E-state index in [0.717, 1.165) is 11.3 Å². The van der Waals surface area contributed by atoms with E-state index in [1.807, 2.05) is 31.2 Å². The van der Waals surface area contributed by atoms with Crippen LogP contribution in [0, 0.1) is 0 Å². The first kappa shape index (κ1) is 25.8. The lowest BCUT2D eigenvalue weighted by atomic mass is 10.1. The van der Waals surface area contributed by atoms with E-state index in [1.54, 1.807) is 7.11 Å². The van der Waals surface area contributed by atoms with Crippen molar-refractivity contribution in [1.29, 1.82) is 0 Å². The summed E-state index contributed by atoms with van der Waals surface area (Å²) in [5.41, 5.74) is -4.32. The standard InChI is InChI=1S/C17H25F3N4O3S.HI/c1-3-21-16(22-12-13-5-4-6-15(11-13)27-2)23-14-7-9-24(10-8-14)28(25,26)17(18,19)20;/h4-6,11,14H,3,7-10,12H2,1-2H3,(H2,21,22,23);1H. The van der Waals surface area contributed by atoms with Gasteiger partial charge in [-0.05, 0) is 37.5 Å². The fraction of sp³-hybridized carbons (Fsp3) is 0.588. The Morgan fingerprint density at radius 1 is 1.31 bits per heavy atom. The summed E-state index contributed by atoms with van der Waals surface area (Å²) in [5, 5.41) is 6.26. The van der Waals surface area contributed by atoms with Crippen molar-refractivity contribution in [2.45, 2.75) is 37.9 Å². The molecule has 0 aliphatic carbocycles. The number of sulfonamides is 1. The predicted octanol–water partition coefficient (Wildman–Crippen LogP) is 2.68. The van der Waals surface area contributed by atoms with Crippen LogP contribution in [0.3, 0.4) is 0 Å². The Bertz CT molecular complexity index is 782. The van der Waals surface area contributed by atoms with Crippen LogP contribution in [0.15, 0.2) is 29.3 Å². The van der Waals surface area contributed by atoms with Gasteiger partial charge in [0.2, 0.25) is 0 Å². The summed E-state index contributed by atoms with van der Waals surface area (Å²) < 4.78 is 66.6. The number of benzene rings is 1. The molecule has 0 atom stereocenters. The van der Waals surface area contributed by atoms with Gasteiger partial charge in [-0.1, -0.05) is 12.1 Å². The van der Waals surface area contributed by atoms with Gasteiger partial charge < -0.3 is 15.4 Å². The number of nitrogens with zero attached hydrogens (tertiary/aromatic N) is 2. The van der Waals surface area contributed by atoms with E-state index in [-0.39, 0.29) is 55.9 Å². The van der Waals surface area contributed by atoms with Crippen LogP contribution in [0.25, 0.3) is 0 Å². The van der Waals surface area contributed by atoms with Gasteiger partial charge in [0.1, 0.15) is 5.75 Å². The second-order valence-corrected chi connectivity index (χ2v) is 8.24. The third kappa shape index (κ3) is 7.17. The summed E-state index contributed by atoms with van der Waals surface area (Å²) in [7, 11) is -3.68. The summed E-state index contributed by atoms with van der Waals surface area (Å²) >= 11 is 0. The minimum Gasteiger partial charge on any atom is -0.497 e. The van der Waals surface area contributed by atoms with Crippen LogP contribution in [-0.4, -0.2) is 57.0 Å². The van der Waals surface area contributed by atoms with Crippen molar-refractivity contribution >= 4 is 40.0 Å². The maximum atomic E-state index is 12.7. The minimum atomic E-state index is -5.27. The molecule has 0 radical (unpaired) electrons. The number of guanidine groups is 1. The van der Waals surface area contributed by atoms with Crippen LogP contribution in [0.4, 0.5) is 13.2 Å². The van der Waals surface area contributed by atoms with E-state index in [1.165, 1.54) is 0 Å². The average molecular weight is 550 g/mol. The molecule has 1 aromatic rings. The Kier molecular flexibility index (Phi) is 9.95. The lowest BCUT2D eigenvalue weighted by molar-refractivity contribution is -0.0494. The van der Waals surface area contributed by atoms with Gasteiger partial charge in [0.05, 0.1) is 13.7 Å². The van der Waals surface area contributed by atoms with Gasteiger partial charge in [-0.15, -0.1) is 24.0 Å². The molecule has 166 valence electrons. The van der Waals surface area contributed by atoms with Crippen LogP contribution in [0.1, 0.15) is 25.3 Å². The third-order valence-electron chi connectivity index (χ3n) is 4.33. The molecule has 0 amide bonds. The molecule has 1 saturated heterocycles. The van der Waals surface area contributed by atoms with E-state index in [2.05, 4.69) is 15.6 Å². The number of nitrogens with one attached hydrogen (secondary N) is 2. The van der Waals surface area contributed by atoms with Gasteiger partial charge in [0.15, 0.2) is 5.96 Å². The fourth-order valence-corrected chi connectivity index (χ4v) is 3.83. The number of alkyl halides is 3. The van der Waals surface area contributed by atoms with Crippen molar-refractivity contribution in [3.05, 3.63) is 29.8 Å². The lowest BCUT2D eigenvalue weighted by Crippen LogP contribution is -2.51. The van der Waals surface area contributed by atoms with E-state index in [4.69, 9.17) is 4.74 Å². The smallest absolute Gasteiger partial charge is 0.497 e. The van der Waals surface area contributed by atoms with Crippen molar-refractivity contribution in [3.8, 4) is 5.75 Å². The number of rotatable bonds is 6. The number of piperidine rings is 1. The van der Waals surface area contributed by atoms with Crippen LogP contribution < -0.4 is 15.4 Å². The predicted molar refractivity (Wildman–Crippen MR) is 116 cm³/mol. The number of hydrogen-bond acceptors (Lipinski definition) is 4. The summed E-state index contributed by atoms with van der Waals surface area (Å²) in [6.45, 7) is 2.55. The zero-order chi connectivity index (χ0) is 20.8. The molecule has 1 aliphatic heterocycles. The van der Waals surface area contributed by atoms with Crippen molar-refractivity contribution in [2.24, 2.45) is 4.99 Å². The van der Waals surface area contributed by atoms with Crippen molar-refractivity contribution in [2.75, 3.05) is 26.7 Å². The molecule has 1 aliphatic rings. The van der Waals surface area contributed by atoms with Crippen LogP contribution in [0.2, 0.25) is 0 Å². The summed E-state index contributed by atoms with van der Waals surface area (Å²) in [6, 6.07) is 7.31. The molecule has 0 unspecified atom stereocenters. The fourth-order valence-electron chi connectivity index (χ4n) is 2.84. The largest absolute Gasteiger partial charge is 0.511 e. The summed E-state index contributed by atoms with van der Waals surface area (Å²) in [4.78, 5) is 4.49. The highest BCUT2D eigenvalue weighted by molar-refractivity contribution is 14.0. The highest BCUT2D eigenvalue weighted by atomic mass is 127. The number of methoxy groups -OCH3 is 1. The third-order valence-corrected chi connectivity index (χ3v) is 5.96. The SMILES string of the molecule is CCNC(=NCc1cccc(OC)c1)NC1CCN(S(=O)(=O)C(F)(F)F)CC1.I. The Morgan fingerprint density at radius 2 is 1.97 bits per heavy atom. The molecule has 12 heteroatoms. The van der Waals surface area contributed by atoms with E-state index in [0.29, 0.717) is 23.4 Å².